The Hall–Kier alpha value is -1.87. The number of hydrogen-bond acceptors (Lipinski definition) is 3. The highest BCUT2D eigenvalue weighted by Crippen LogP contribution is 2.15. The van der Waals surface area contributed by atoms with Gasteiger partial charge in [0.2, 0.25) is 0 Å². The molecule has 1 heterocycles. The average Bonchev–Trinajstić information content (AvgIpc) is 2.37. The summed E-state index contributed by atoms with van der Waals surface area (Å²) in [6.45, 7) is 2.98. The second kappa shape index (κ2) is 5.46. The molecule has 0 atom stereocenters. The van der Waals surface area contributed by atoms with Crippen molar-refractivity contribution < 1.29 is 4.74 Å². The first-order valence-corrected chi connectivity index (χ1v) is 5.62. The van der Waals surface area contributed by atoms with Crippen molar-refractivity contribution >= 4 is 0 Å². The summed E-state index contributed by atoms with van der Waals surface area (Å²) >= 11 is 0. The van der Waals surface area contributed by atoms with Crippen molar-refractivity contribution in [2.75, 3.05) is 0 Å². The van der Waals surface area contributed by atoms with Crippen LogP contribution in [0.1, 0.15) is 16.8 Å². The number of benzene rings is 1. The normalized spacial score (nSPS) is 10.2. The Labute approximate surface area is 101 Å². The molecule has 0 saturated carbocycles. The van der Waals surface area contributed by atoms with Crippen LogP contribution in [0.2, 0.25) is 0 Å². The van der Waals surface area contributed by atoms with Gasteiger partial charge in [-0.15, -0.1) is 0 Å². The van der Waals surface area contributed by atoms with Gasteiger partial charge in [0.15, 0.2) is 0 Å². The molecule has 2 N–H and O–H groups in total. The number of nitrogens with two attached hydrogens (primary N) is 1. The Balaban J connectivity index is 2.07. The maximum atomic E-state index is 5.70. The van der Waals surface area contributed by atoms with Gasteiger partial charge < -0.3 is 10.5 Å². The molecule has 0 spiro atoms. The molecule has 0 bridgehead atoms. The molecule has 17 heavy (non-hydrogen) atoms. The van der Waals surface area contributed by atoms with Gasteiger partial charge in [-0.2, -0.15) is 0 Å². The van der Waals surface area contributed by atoms with Gasteiger partial charge in [-0.1, -0.05) is 18.2 Å². The van der Waals surface area contributed by atoms with Crippen LogP contribution in [0.5, 0.6) is 5.75 Å². The summed E-state index contributed by atoms with van der Waals surface area (Å²) in [5.74, 6) is 0.860. The van der Waals surface area contributed by atoms with Crippen LogP contribution in [0.4, 0.5) is 0 Å². The van der Waals surface area contributed by atoms with Gasteiger partial charge in [-0.05, 0) is 36.2 Å². The zero-order valence-electron chi connectivity index (χ0n) is 9.89. The Bertz CT molecular complexity index is 497. The van der Waals surface area contributed by atoms with E-state index in [-0.39, 0.29) is 0 Å². The lowest BCUT2D eigenvalue weighted by Crippen LogP contribution is -2.06. The lowest BCUT2D eigenvalue weighted by atomic mass is 10.2. The zero-order chi connectivity index (χ0) is 12.1. The highest BCUT2D eigenvalue weighted by Gasteiger charge is 2.02. The molecule has 3 heteroatoms. The lowest BCUT2D eigenvalue weighted by molar-refractivity contribution is 0.300. The summed E-state index contributed by atoms with van der Waals surface area (Å²) in [4.78, 5) is 4.28. The number of aryl methyl sites for hydroxylation is 1. The van der Waals surface area contributed by atoms with Gasteiger partial charge in [-0.25, -0.2) is 0 Å². The number of hydrogen-bond donors (Lipinski definition) is 1. The molecule has 0 fully saturated rings. The van der Waals surface area contributed by atoms with Gasteiger partial charge in [0.05, 0.1) is 5.69 Å². The van der Waals surface area contributed by atoms with Gasteiger partial charge in [0, 0.05) is 12.7 Å². The molecule has 0 amide bonds. The molecule has 0 unspecified atom stereocenters. The molecule has 88 valence electrons. The zero-order valence-corrected chi connectivity index (χ0v) is 9.89. The molecule has 2 rings (SSSR count). The summed E-state index contributed by atoms with van der Waals surface area (Å²) < 4.78 is 5.70. The Morgan fingerprint density at radius 3 is 2.88 bits per heavy atom. The molecule has 1 aromatic heterocycles. The number of rotatable bonds is 4. The number of ether oxygens (including phenoxy) is 1. The minimum Gasteiger partial charge on any atom is -0.487 e. The highest BCUT2D eigenvalue weighted by molar-refractivity contribution is 5.28. The predicted molar refractivity (Wildman–Crippen MR) is 67.6 cm³/mol. The van der Waals surface area contributed by atoms with Crippen LogP contribution in [0.3, 0.4) is 0 Å². The summed E-state index contributed by atoms with van der Waals surface area (Å²) in [5, 5.41) is 0. The third-order valence-electron chi connectivity index (χ3n) is 2.57. The Morgan fingerprint density at radius 1 is 1.24 bits per heavy atom. The van der Waals surface area contributed by atoms with Crippen molar-refractivity contribution in [3.63, 3.8) is 0 Å². The fourth-order valence-electron chi connectivity index (χ4n) is 1.64. The van der Waals surface area contributed by atoms with Gasteiger partial charge in [0.1, 0.15) is 12.4 Å². The largest absolute Gasteiger partial charge is 0.487 e. The third kappa shape index (κ3) is 3.04. The number of aromatic nitrogens is 1. The molecule has 3 nitrogen and oxygen atoms in total. The van der Waals surface area contributed by atoms with E-state index >= 15 is 0 Å². The van der Waals surface area contributed by atoms with E-state index in [1.54, 1.807) is 6.20 Å². The molecule has 0 aliphatic rings. The molecular weight excluding hydrogens is 212 g/mol. The van der Waals surface area contributed by atoms with Crippen molar-refractivity contribution in [2.24, 2.45) is 5.73 Å². The van der Waals surface area contributed by atoms with E-state index in [9.17, 15) is 0 Å². The second-order valence-corrected chi connectivity index (χ2v) is 3.92. The van der Waals surface area contributed by atoms with Crippen molar-refractivity contribution in [1.82, 2.24) is 4.98 Å². The van der Waals surface area contributed by atoms with Gasteiger partial charge in [0.25, 0.3) is 0 Å². The van der Waals surface area contributed by atoms with Gasteiger partial charge >= 0.3 is 0 Å². The molecule has 0 aliphatic carbocycles. The summed E-state index contributed by atoms with van der Waals surface area (Å²) in [6.07, 6.45) is 1.76. The van der Waals surface area contributed by atoms with Crippen molar-refractivity contribution in [3.8, 4) is 5.75 Å². The van der Waals surface area contributed by atoms with Crippen LogP contribution in [0, 0.1) is 6.92 Å². The van der Waals surface area contributed by atoms with Crippen LogP contribution >= 0.6 is 0 Å². The van der Waals surface area contributed by atoms with Crippen LogP contribution in [-0.4, -0.2) is 4.98 Å². The number of nitrogens with zero attached hydrogens (tertiary/aromatic N) is 1. The van der Waals surface area contributed by atoms with Crippen LogP contribution in [0.25, 0.3) is 0 Å². The topological polar surface area (TPSA) is 48.1 Å². The SMILES string of the molecule is Cc1cccc(OCc2ncccc2CN)c1. The Kier molecular flexibility index (Phi) is 3.73. The lowest BCUT2D eigenvalue weighted by Gasteiger charge is -2.09. The fourth-order valence-corrected chi connectivity index (χ4v) is 1.64. The van der Waals surface area contributed by atoms with Crippen LogP contribution in [-0.2, 0) is 13.2 Å². The van der Waals surface area contributed by atoms with Crippen LogP contribution in [0.15, 0.2) is 42.6 Å². The standard InChI is InChI=1S/C14H16N2O/c1-11-4-2-6-13(8-11)17-10-14-12(9-15)5-3-7-16-14/h2-8H,9-10,15H2,1H3. The van der Waals surface area contributed by atoms with Crippen LogP contribution < -0.4 is 10.5 Å². The summed E-state index contributed by atoms with van der Waals surface area (Å²) in [6, 6.07) is 11.8. The molecular formula is C14H16N2O. The fraction of sp³-hybridized carbons (Fsp3) is 0.214. The van der Waals surface area contributed by atoms with Crippen molar-refractivity contribution in [1.29, 1.82) is 0 Å². The smallest absolute Gasteiger partial charge is 0.131 e. The van der Waals surface area contributed by atoms with Crippen molar-refractivity contribution in [2.45, 2.75) is 20.1 Å². The van der Waals surface area contributed by atoms with Crippen molar-refractivity contribution in [3.05, 3.63) is 59.4 Å². The monoisotopic (exact) mass is 228 g/mol. The quantitative estimate of drug-likeness (QED) is 0.874. The first-order valence-electron chi connectivity index (χ1n) is 5.62. The molecule has 2 aromatic rings. The van der Waals surface area contributed by atoms with E-state index in [0.29, 0.717) is 13.2 Å². The average molecular weight is 228 g/mol. The Morgan fingerprint density at radius 2 is 2.12 bits per heavy atom. The minimum absolute atomic E-state index is 0.455. The van der Waals surface area contributed by atoms with E-state index in [0.717, 1.165) is 17.0 Å². The highest BCUT2D eigenvalue weighted by atomic mass is 16.5. The second-order valence-electron chi connectivity index (χ2n) is 3.92. The van der Waals surface area contributed by atoms with Gasteiger partial charge in [-0.3, -0.25) is 4.98 Å². The van der Waals surface area contributed by atoms with E-state index in [2.05, 4.69) is 4.98 Å². The maximum Gasteiger partial charge on any atom is 0.131 e. The molecule has 0 aliphatic heterocycles. The predicted octanol–water partition coefficient (Wildman–Crippen LogP) is 2.43. The number of pyridine rings is 1. The van der Waals surface area contributed by atoms with E-state index in [1.165, 1.54) is 5.56 Å². The summed E-state index contributed by atoms with van der Waals surface area (Å²) in [7, 11) is 0. The first-order chi connectivity index (χ1) is 8.29. The minimum atomic E-state index is 0.455. The molecule has 1 aromatic carbocycles. The molecule has 0 saturated heterocycles. The third-order valence-corrected chi connectivity index (χ3v) is 2.57. The maximum absolute atomic E-state index is 5.70. The van der Waals surface area contributed by atoms with E-state index in [4.69, 9.17) is 10.5 Å². The molecule has 0 radical (unpaired) electrons. The first kappa shape index (κ1) is 11.6. The summed E-state index contributed by atoms with van der Waals surface area (Å²) in [5.41, 5.74) is 8.76. The van der Waals surface area contributed by atoms with E-state index in [1.807, 2.05) is 43.3 Å². The van der Waals surface area contributed by atoms with E-state index < -0.39 is 0 Å².